The molecule has 0 aliphatic heterocycles. The lowest BCUT2D eigenvalue weighted by Gasteiger charge is -2.12. The SMILES string of the molecule is COc1ccc(-c2nc(C(=O)NN)cc3c2[nH]c2ccccc23)c(OC)c1. The van der Waals surface area contributed by atoms with E-state index in [-0.39, 0.29) is 5.69 Å². The van der Waals surface area contributed by atoms with E-state index in [4.69, 9.17) is 15.3 Å². The molecule has 4 N–H and O–H groups in total. The lowest BCUT2D eigenvalue weighted by Crippen LogP contribution is -2.30. The molecule has 2 aromatic heterocycles. The van der Waals surface area contributed by atoms with Gasteiger partial charge in [-0.2, -0.15) is 0 Å². The number of nitrogen functional groups attached to an aromatic ring is 1. The molecule has 1 amide bonds. The zero-order chi connectivity index (χ0) is 19.0. The van der Waals surface area contributed by atoms with Crippen molar-refractivity contribution in [2.45, 2.75) is 0 Å². The van der Waals surface area contributed by atoms with E-state index in [2.05, 4.69) is 15.4 Å². The van der Waals surface area contributed by atoms with Crippen LogP contribution >= 0.6 is 0 Å². The molecule has 2 heterocycles. The van der Waals surface area contributed by atoms with Gasteiger partial charge in [0.25, 0.3) is 5.91 Å². The third kappa shape index (κ3) is 2.74. The number of nitrogens with zero attached hydrogens (tertiary/aromatic N) is 1. The third-order valence-electron chi connectivity index (χ3n) is 4.52. The smallest absolute Gasteiger partial charge is 0.283 e. The van der Waals surface area contributed by atoms with Crippen LogP contribution in [0.4, 0.5) is 0 Å². The van der Waals surface area contributed by atoms with Crippen LogP contribution in [0.3, 0.4) is 0 Å². The first kappa shape index (κ1) is 16.9. The van der Waals surface area contributed by atoms with E-state index in [1.807, 2.05) is 36.4 Å². The minimum atomic E-state index is -0.462. The number of nitrogens with one attached hydrogen (secondary N) is 2. The van der Waals surface area contributed by atoms with Gasteiger partial charge in [-0.1, -0.05) is 18.2 Å². The van der Waals surface area contributed by atoms with Gasteiger partial charge in [0.05, 0.1) is 25.4 Å². The number of H-pyrrole nitrogens is 1. The molecule has 0 radical (unpaired) electrons. The van der Waals surface area contributed by atoms with E-state index < -0.39 is 5.91 Å². The van der Waals surface area contributed by atoms with Crippen LogP contribution in [-0.4, -0.2) is 30.1 Å². The number of fused-ring (bicyclic) bond motifs is 3. The Kier molecular flexibility index (Phi) is 4.13. The number of carbonyl (C=O) groups excluding carboxylic acids is 1. The van der Waals surface area contributed by atoms with Gasteiger partial charge in [-0.15, -0.1) is 0 Å². The maximum absolute atomic E-state index is 12.2. The molecule has 0 fully saturated rings. The fourth-order valence-corrected chi connectivity index (χ4v) is 3.22. The van der Waals surface area contributed by atoms with E-state index in [0.29, 0.717) is 17.2 Å². The minimum absolute atomic E-state index is 0.225. The highest BCUT2D eigenvalue weighted by Gasteiger charge is 2.19. The van der Waals surface area contributed by atoms with E-state index in [1.54, 1.807) is 26.4 Å². The molecule has 0 saturated carbocycles. The number of rotatable bonds is 4. The Bertz CT molecular complexity index is 1170. The van der Waals surface area contributed by atoms with Crippen molar-refractivity contribution in [2.75, 3.05) is 14.2 Å². The van der Waals surface area contributed by atoms with Crippen LogP contribution in [-0.2, 0) is 0 Å². The molecule has 136 valence electrons. The second-order valence-electron chi connectivity index (χ2n) is 5.99. The fraction of sp³-hybridized carbons (Fsp3) is 0.100. The number of benzene rings is 2. The van der Waals surface area contributed by atoms with Crippen molar-refractivity contribution in [1.29, 1.82) is 0 Å². The predicted molar refractivity (Wildman–Crippen MR) is 104 cm³/mol. The summed E-state index contributed by atoms with van der Waals surface area (Å²) in [4.78, 5) is 20.1. The Morgan fingerprint density at radius 2 is 1.89 bits per heavy atom. The van der Waals surface area contributed by atoms with E-state index in [1.165, 1.54) is 0 Å². The van der Waals surface area contributed by atoms with Gasteiger partial charge >= 0.3 is 0 Å². The molecule has 0 aliphatic rings. The summed E-state index contributed by atoms with van der Waals surface area (Å²) in [5.41, 5.74) is 5.48. The van der Waals surface area contributed by atoms with Gasteiger partial charge in [0.1, 0.15) is 17.2 Å². The number of para-hydroxylation sites is 1. The van der Waals surface area contributed by atoms with Crippen molar-refractivity contribution in [3.8, 4) is 22.8 Å². The van der Waals surface area contributed by atoms with E-state index >= 15 is 0 Å². The summed E-state index contributed by atoms with van der Waals surface area (Å²) in [5, 5.41) is 1.88. The summed E-state index contributed by atoms with van der Waals surface area (Å²) < 4.78 is 10.8. The van der Waals surface area contributed by atoms with Crippen LogP contribution < -0.4 is 20.7 Å². The first-order chi connectivity index (χ1) is 13.2. The van der Waals surface area contributed by atoms with Crippen LogP contribution in [0.1, 0.15) is 10.5 Å². The monoisotopic (exact) mass is 362 g/mol. The normalized spacial score (nSPS) is 10.9. The topological polar surface area (TPSA) is 102 Å². The van der Waals surface area contributed by atoms with Crippen LogP contribution in [0.5, 0.6) is 11.5 Å². The zero-order valence-corrected chi connectivity index (χ0v) is 14.9. The Labute approximate surface area is 155 Å². The van der Waals surface area contributed by atoms with Gasteiger partial charge in [-0.3, -0.25) is 10.2 Å². The molecule has 7 nitrogen and oxygen atoms in total. The molecular weight excluding hydrogens is 344 g/mol. The molecule has 0 saturated heterocycles. The van der Waals surface area contributed by atoms with Gasteiger partial charge in [0, 0.05) is 27.9 Å². The number of pyridine rings is 1. The molecule has 0 spiro atoms. The van der Waals surface area contributed by atoms with Crippen LogP contribution in [0, 0.1) is 0 Å². The third-order valence-corrected chi connectivity index (χ3v) is 4.52. The summed E-state index contributed by atoms with van der Waals surface area (Å²) in [7, 11) is 3.17. The molecule has 0 unspecified atom stereocenters. The molecule has 4 aromatic rings. The number of hydrogen-bond donors (Lipinski definition) is 3. The summed E-state index contributed by atoms with van der Waals surface area (Å²) in [6.07, 6.45) is 0. The first-order valence-corrected chi connectivity index (χ1v) is 8.31. The number of carbonyl (C=O) groups is 1. The van der Waals surface area contributed by atoms with Gasteiger partial charge in [-0.05, 0) is 24.3 Å². The molecular formula is C20H18N4O3. The number of ether oxygens (including phenoxy) is 2. The minimum Gasteiger partial charge on any atom is -0.497 e. The molecule has 0 bridgehead atoms. The largest absolute Gasteiger partial charge is 0.497 e. The molecule has 2 aromatic carbocycles. The first-order valence-electron chi connectivity index (χ1n) is 8.31. The molecule has 0 atom stereocenters. The average Bonchev–Trinajstić information content (AvgIpc) is 3.10. The van der Waals surface area contributed by atoms with E-state index in [9.17, 15) is 4.79 Å². The van der Waals surface area contributed by atoms with Crippen molar-refractivity contribution in [2.24, 2.45) is 5.84 Å². The van der Waals surface area contributed by atoms with Crippen LogP contribution in [0.25, 0.3) is 33.1 Å². The number of hydrazine groups is 1. The predicted octanol–water partition coefficient (Wildman–Crippen LogP) is 3.00. The quantitative estimate of drug-likeness (QED) is 0.294. The van der Waals surface area contributed by atoms with Crippen molar-refractivity contribution < 1.29 is 14.3 Å². The molecule has 27 heavy (non-hydrogen) atoms. The highest BCUT2D eigenvalue weighted by Crippen LogP contribution is 2.38. The number of aromatic nitrogens is 2. The van der Waals surface area contributed by atoms with Crippen molar-refractivity contribution in [3.63, 3.8) is 0 Å². The molecule has 4 rings (SSSR count). The van der Waals surface area contributed by atoms with E-state index in [0.717, 1.165) is 27.4 Å². The van der Waals surface area contributed by atoms with Crippen LogP contribution in [0.2, 0.25) is 0 Å². The van der Waals surface area contributed by atoms with Crippen molar-refractivity contribution in [1.82, 2.24) is 15.4 Å². The average molecular weight is 362 g/mol. The standard InChI is InChI=1S/C20H18N4O3/c1-26-11-7-8-13(17(9-11)27-2)18-19-14(10-16(23-18)20(25)24-21)12-5-3-4-6-15(12)22-19/h3-10,22H,21H2,1-2H3,(H,24,25). The van der Waals surface area contributed by atoms with Crippen molar-refractivity contribution in [3.05, 3.63) is 54.2 Å². The summed E-state index contributed by atoms with van der Waals surface area (Å²) in [6.45, 7) is 0. The summed E-state index contributed by atoms with van der Waals surface area (Å²) >= 11 is 0. The number of nitrogens with two attached hydrogens (primary N) is 1. The summed E-state index contributed by atoms with van der Waals surface area (Å²) in [5.74, 6) is 6.12. The number of amides is 1. The second-order valence-corrected chi connectivity index (χ2v) is 5.99. The van der Waals surface area contributed by atoms with Crippen LogP contribution in [0.15, 0.2) is 48.5 Å². The Balaban J connectivity index is 2.08. The molecule has 0 aliphatic carbocycles. The Hall–Kier alpha value is -3.58. The summed E-state index contributed by atoms with van der Waals surface area (Å²) in [6, 6.07) is 15.1. The van der Waals surface area contributed by atoms with Crippen molar-refractivity contribution >= 4 is 27.7 Å². The molecule has 7 heteroatoms. The number of hydrogen-bond acceptors (Lipinski definition) is 5. The highest BCUT2D eigenvalue weighted by molar-refractivity contribution is 6.13. The Morgan fingerprint density at radius 3 is 2.63 bits per heavy atom. The number of aromatic amines is 1. The van der Waals surface area contributed by atoms with Gasteiger partial charge < -0.3 is 14.5 Å². The lowest BCUT2D eigenvalue weighted by atomic mass is 10.0. The Morgan fingerprint density at radius 1 is 1.07 bits per heavy atom. The maximum atomic E-state index is 12.2. The van der Waals surface area contributed by atoms with Gasteiger partial charge in [-0.25, -0.2) is 10.8 Å². The van der Waals surface area contributed by atoms with Gasteiger partial charge in [0.2, 0.25) is 0 Å². The highest BCUT2D eigenvalue weighted by atomic mass is 16.5. The fourth-order valence-electron chi connectivity index (χ4n) is 3.22. The lowest BCUT2D eigenvalue weighted by molar-refractivity contribution is 0.0949. The maximum Gasteiger partial charge on any atom is 0.283 e. The second kappa shape index (κ2) is 6.62. The van der Waals surface area contributed by atoms with Gasteiger partial charge in [0.15, 0.2) is 0 Å². The zero-order valence-electron chi connectivity index (χ0n) is 14.9. The number of methoxy groups -OCH3 is 2.